The van der Waals surface area contributed by atoms with Gasteiger partial charge in [0.2, 0.25) is 0 Å². The lowest BCUT2D eigenvalue weighted by atomic mass is 10.1. The van der Waals surface area contributed by atoms with E-state index in [9.17, 15) is 24.5 Å². The zero-order valence-corrected chi connectivity index (χ0v) is 17.9. The number of carbonyl (C=O) groups is 3. The monoisotopic (exact) mass is 461 g/mol. The first-order valence-corrected chi connectivity index (χ1v) is 10.0. The van der Waals surface area contributed by atoms with Crippen LogP contribution in [0, 0.1) is 10.1 Å². The molecule has 0 bridgehead atoms. The number of aromatic amines is 1. The maximum Gasteiger partial charge on any atom is 0.338 e. The van der Waals surface area contributed by atoms with Crippen LogP contribution in [0.5, 0.6) is 0 Å². The van der Waals surface area contributed by atoms with Gasteiger partial charge < -0.3 is 14.8 Å². The van der Waals surface area contributed by atoms with Crippen molar-refractivity contribution in [3.63, 3.8) is 0 Å². The van der Waals surface area contributed by atoms with E-state index in [1.54, 1.807) is 55.5 Å². The van der Waals surface area contributed by atoms with Crippen molar-refractivity contribution < 1.29 is 29.2 Å². The van der Waals surface area contributed by atoms with Crippen LogP contribution in [0.2, 0.25) is 0 Å². The summed E-state index contributed by atoms with van der Waals surface area (Å²) in [5, 5.41) is 19.8. The van der Waals surface area contributed by atoms with Crippen molar-refractivity contribution in [3.05, 3.63) is 93.5 Å². The summed E-state index contributed by atoms with van der Waals surface area (Å²) in [7, 11) is 0. The molecule has 10 heteroatoms. The number of esters is 1. The smallest absolute Gasteiger partial charge is 0.338 e. The van der Waals surface area contributed by atoms with Gasteiger partial charge in [0, 0.05) is 17.2 Å². The Morgan fingerprint density at radius 3 is 2.26 bits per heavy atom. The Labute approximate surface area is 193 Å². The first-order chi connectivity index (χ1) is 16.3. The van der Waals surface area contributed by atoms with Crippen LogP contribution >= 0.6 is 0 Å². The average molecular weight is 461 g/mol. The third-order valence-corrected chi connectivity index (χ3v) is 4.65. The second-order valence-electron chi connectivity index (χ2n) is 6.86. The van der Waals surface area contributed by atoms with Crippen LogP contribution in [0.3, 0.4) is 0 Å². The van der Waals surface area contributed by atoms with E-state index >= 15 is 0 Å². The van der Waals surface area contributed by atoms with Crippen molar-refractivity contribution in [1.82, 2.24) is 9.97 Å². The fourth-order valence-electron chi connectivity index (χ4n) is 2.98. The number of aromatic carboxylic acids is 1. The van der Waals surface area contributed by atoms with Gasteiger partial charge in [-0.3, -0.25) is 14.9 Å². The largest absolute Gasteiger partial charge is 0.478 e. The zero-order valence-electron chi connectivity index (χ0n) is 17.9. The number of fused-ring (bicyclic) bond motifs is 1. The van der Waals surface area contributed by atoms with Crippen molar-refractivity contribution in [2.75, 3.05) is 6.61 Å². The Morgan fingerprint density at radius 1 is 1.06 bits per heavy atom. The van der Waals surface area contributed by atoms with Crippen molar-refractivity contribution in [2.45, 2.75) is 6.92 Å². The number of ether oxygens (including phenoxy) is 1. The van der Waals surface area contributed by atoms with E-state index < -0.39 is 10.9 Å². The molecule has 4 rings (SSSR count). The third-order valence-electron chi connectivity index (χ3n) is 4.65. The van der Waals surface area contributed by atoms with E-state index in [1.165, 1.54) is 18.2 Å². The topological polar surface area (TPSA) is 152 Å². The predicted octanol–water partition coefficient (Wildman–Crippen LogP) is 4.51. The van der Waals surface area contributed by atoms with Gasteiger partial charge in [0.05, 0.1) is 28.2 Å². The molecule has 10 nitrogen and oxygen atoms in total. The fraction of sp³-hybridized carbons (Fsp3) is 0.0833. The average Bonchev–Trinajstić information content (AvgIpc) is 3.29. The van der Waals surface area contributed by atoms with E-state index in [0.717, 1.165) is 6.29 Å². The Kier molecular flexibility index (Phi) is 7.45. The lowest BCUT2D eigenvalue weighted by Gasteiger charge is -2.00. The molecule has 4 aromatic rings. The van der Waals surface area contributed by atoms with E-state index in [4.69, 9.17) is 9.84 Å². The van der Waals surface area contributed by atoms with Crippen LogP contribution in [0.25, 0.3) is 22.4 Å². The first-order valence-electron chi connectivity index (χ1n) is 10.0. The molecule has 3 aromatic carbocycles. The van der Waals surface area contributed by atoms with Crippen LogP contribution in [0.1, 0.15) is 38.0 Å². The molecule has 0 aliphatic rings. The van der Waals surface area contributed by atoms with Crippen molar-refractivity contribution >= 4 is 34.9 Å². The number of hydrogen-bond acceptors (Lipinski definition) is 7. The molecular formula is C24H19N3O7. The number of non-ortho nitro benzene ring substituents is 1. The number of carbonyl (C=O) groups excluding carboxylic acids is 2. The highest BCUT2D eigenvalue weighted by atomic mass is 16.6. The normalized spacial score (nSPS) is 10.1. The summed E-state index contributed by atoms with van der Waals surface area (Å²) < 4.78 is 4.77. The number of aromatic nitrogens is 2. The molecule has 2 N–H and O–H groups in total. The number of para-hydroxylation sites is 1. The molecule has 0 saturated heterocycles. The van der Waals surface area contributed by atoms with E-state index in [-0.39, 0.29) is 22.7 Å². The minimum absolute atomic E-state index is 0.0721. The summed E-state index contributed by atoms with van der Waals surface area (Å²) in [5.41, 5.74) is 2.60. The van der Waals surface area contributed by atoms with Crippen LogP contribution in [-0.4, -0.2) is 44.8 Å². The van der Waals surface area contributed by atoms with Crippen LogP contribution in [0.4, 0.5) is 5.69 Å². The summed E-state index contributed by atoms with van der Waals surface area (Å²) in [6, 6.07) is 17.1. The maximum absolute atomic E-state index is 11.1. The van der Waals surface area contributed by atoms with Crippen LogP contribution in [-0.2, 0) is 4.74 Å². The lowest BCUT2D eigenvalue weighted by Crippen LogP contribution is -2.04. The standard InChI is InChI=1S/C14H9N3O4.C10H10O3/c18-14(19)9-6-4-8(5-7-9)13-15-10-2-1-3-11(17(20)21)12(10)16-13;1-2-13-10(12)9-5-3-8(7-11)4-6-9/h1-7H,(H,15,16)(H,18,19);3-7H,2H2,1H3. The number of nitro groups is 1. The van der Waals surface area contributed by atoms with Gasteiger partial charge in [0.25, 0.3) is 5.69 Å². The molecule has 0 atom stereocenters. The van der Waals surface area contributed by atoms with Gasteiger partial charge in [-0.05, 0) is 37.3 Å². The second kappa shape index (κ2) is 10.6. The quantitative estimate of drug-likeness (QED) is 0.184. The first kappa shape index (κ1) is 23.8. The molecule has 0 saturated carbocycles. The minimum Gasteiger partial charge on any atom is -0.478 e. The highest BCUT2D eigenvalue weighted by Crippen LogP contribution is 2.27. The van der Waals surface area contributed by atoms with Crippen molar-refractivity contribution in [1.29, 1.82) is 0 Å². The van der Waals surface area contributed by atoms with Gasteiger partial charge in [-0.25, -0.2) is 14.6 Å². The van der Waals surface area contributed by atoms with Crippen molar-refractivity contribution in [3.8, 4) is 11.4 Å². The number of carboxylic acids is 1. The molecule has 0 unspecified atom stereocenters. The molecule has 0 spiro atoms. The van der Waals surface area contributed by atoms with Crippen molar-refractivity contribution in [2.24, 2.45) is 0 Å². The number of carboxylic acid groups (broad SMARTS) is 1. The van der Waals surface area contributed by atoms with Gasteiger partial charge in [-0.15, -0.1) is 0 Å². The maximum atomic E-state index is 11.1. The molecule has 0 aliphatic carbocycles. The summed E-state index contributed by atoms with van der Waals surface area (Å²) in [5.74, 6) is -0.919. The summed E-state index contributed by atoms with van der Waals surface area (Å²) in [6.45, 7) is 2.10. The van der Waals surface area contributed by atoms with Crippen LogP contribution < -0.4 is 0 Å². The third kappa shape index (κ3) is 5.49. The Morgan fingerprint density at radius 2 is 1.71 bits per heavy atom. The van der Waals surface area contributed by atoms with E-state index in [2.05, 4.69) is 9.97 Å². The SMILES string of the molecule is CCOC(=O)c1ccc(C=O)cc1.O=C(O)c1ccc(-c2nc3c([N+](=O)[O-])cccc3[nH]2)cc1. The zero-order chi connectivity index (χ0) is 24.7. The van der Waals surface area contributed by atoms with Crippen LogP contribution in [0.15, 0.2) is 66.7 Å². The molecule has 1 heterocycles. The molecule has 34 heavy (non-hydrogen) atoms. The number of nitro benzene ring substituents is 1. The van der Waals surface area contributed by atoms with Gasteiger partial charge >= 0.3 is 11.9 Å². The molecule has 0 radical (unpaired) electrons. The Balaban J connectivity index is 0.000000215. The molecule has 0 amide bonds. The highest BCUT2D eigenvalue weighted by molar-refractivity contribution is 5.91. The van der Waals surface area contributed by atoms with Gasteiger partial charge in [-0.2, -0.15) is 0 Å². The summed E-state index contributed by atoms with van der Waals surface area (Å²) >= 11 is 0. The molecular weight excluding hydrogens is 442 g/mol. The second-order valence-corrected chi connectivity index (χ2v) is 6.86. The Bertz CT molecular complexity index is 1340. The number of nitrogens with one attached hydrogen (secondary N) is 1. The number of nitrogens with zero attached hydrogens (tertiary/aromatic N) is 2. The van der Waals surface area contributed by atoms with Gasteiger partial charge in [0.15, 0.2) is 5.52 Å². The number of hydrogen-bond donors (Lipinski definition) is 2. The molecule has 1 aromatic heterocycles. The lowest BCUT2D eigenvalue weighted by molar-refractivity contribution is -0.383. The number of imidazole rings is 1. The molecule has 172 valence electrons. The minimum atomic E-state index is -1.01. The molecule has 0 fully saturated rings. The number of aldehydes is 1. The summed E-state index contributed by atoms with van der Waals surface area (Å²) in [4.78, 5) is 49.9. The van der Waals surface area contributed by atoms with Gasteiger partial charge in [0.1, 0.15) is 12.1 Å². The van der Waals surface area contributed by atoms with E-state index in [0.29, 0.717) is 34.6 Å². The number of H-pyrrole nitrogens is 1. The summed E-state index contributed by atoms with van der Waals surface area (Å²) in [6.07, 6.45) is 0.731. The highest BCUT2D eigenvalue weighted by Gasteiger charge is 2.16. The Hall–Kier alpha value is -4.86. The van der Waals surface area contributed by atoms with E-state index in [1.807, 2.05) is 0 Å². The fourth-order valence-corrected chi connectivity index (χ4v) is 2.98. The predicted molar refractivity (Wildman–Crippen MR) is 123 cm³/mol. The van der Waals surface area contributed by atoms with Gasteiger partial charge in [-0.1, -0.05) is 30.3 Å². The molecule has 0 aliphatic heterocycles. The number of rotatable bonds is 6. The number of benzene rings is 3.